The van der Waals surface area contributed by atoms with Gasteiger partial charge in [0.1, 0.15) is 0 Å². The number of carbonyl (C=O) groups is 2. The molecule has 1 aromatic heterocycles. The van der Waals surface area contributed by atoms with E-state index in [1.165, 1.54) is 49.5 Å². The van der Waals surface area contributed by atoms with Gasteiger partial charge in [-0.25, -0.2) is 4.79 Å². The zero-order chi connectivity index (χ0) is 15.1. The second-order valence-electron chi connectivity index (χ2n) is 5.42. The number of carboxylic acid groups (broad SMARTS) is 1. The Morgan fingerprint density at radius 2 is 2.05 bits per heavy atom. The van der Waals surface area contributed by atoms with Gasteiger partial charge in [0.2, 0.25) is 0 Å². The minimum absolute atomic E-state index is 0.0641. The molecule has 1 aliphatic carbocycles. The number of amides is 1. The van der Waals surface area contributed by atoms with Crippen molar-refractivity contribution >= 4 is 29.3 Å². The lowest BCUT2D eigenvalue weighted by atomic mass is 9.87. The zero-order valence-corrected chi connectivity index (χ0v) is 12.8. The molecule has 0 atom stereocenters. The van der Waals surface area contributed by atoms with Crippen LogP contribution in [0.1, 0.15) is 53.1 Å². The Bertz CT molecular complexity index is 515. The Labute approximate surface area is 128 Å². The third kappa shape index (κ3) is 5.34. The van der Waals surface area contributed by atoms with Crippen molar-refractivity contribution in [1.82, 2.24) is 5.32 Å². The van der Waals surface area contributed by atoms with Crippen molar-refractivity contribution in [3.63, 3.8) is 0 Å². The van der Waals surface area contributed by atoms with Crippen molar-refractivity contribution in [1.29, 1.82) is 0 Å². The van der Waals surface area contributed by atoms with Crippen LogP contribution in [0.15, 0.2) is 18.2 Å². The molecule has 1 aliphatic rings. The van der Waals surface area contributed by atoms with Gasteiger partial charge >= 0.3 is 5.97 Å². The fourth-order valence-electron chi connectivity index (χ4n) is 2.67. The first-order valence-electron chi connectivity index (χ1n) is 7.44. The molecule has 0 bridgehead atoms. The maximum Gasteiger partial charge on any atom is 0.328 e. The molecule has 114 valence electrons. The largest absolute Gasteiger partial charge is 0.478 e. The van der Waals surface area contributed by atoms with E-state index in [0.29, 0.717) is 4.88 Å². The fraction of sp³-hybridized carbons (Fsp3) is 0.500. The number of aliphatic carboxylic acids is 1. The molecule has 1 fully saturated rings. The van der Waals surface area contributed by atoms with E-state index in [-0.39, 0.29) is 5.91 Å². The number of thiophene rings is 1. The Hall–Kier alpha value is -1.62. The molecule has 1 amide bonds. The topological polar surface area (TPSA) is 66.4 Å². The maximum absolute atomic E-state index is 12.0. The van der Waals surface area contributed by atoms with Crippen LogP contribution in [0.4, 0.5) is 0 Å². The second-order valence-corrected chi connectivity index (χ2v) is 6.54. The molecule has 1 saturated carbocycles. The van der Waals surface area contributed by atoms with Crippen LogP contribution in [0.3, 0.4) is 0 Å². The fourth-order valence-corrected chi connectivity index (χ4v) is 3.50. The normalized spacial score (nSPS) is 16.2. The van der Waals surface area contributed by atoms with Crippen molar-refractivity contribution in [2.75, 3.05) is 6.54 Å². The van der Waals surface area contributed by atoms with Crippen LogP contribution in [-0.2, 0) is 4.79 Å². The zero-order valence-electron chi connectivity index (χ0n) is 12.0. The Morgan fingerprint density at radius 3 is 2.76 bits per heavy atom. The van der Waals surface area contributed by atoms with Crippen molar-refractivity contribution in [2.45, 2.75) is 38.5 Å². The minimum Gasteiger partial charge on any atom is -0.478 e. The molecule has 1 heterocycles. The molecule has 0 unspecified atom stereocenters. The van der Waals surface area contributed by atoms with E-state index in [9.17, 15) is 9.59 Å². The summed E-state index contributed by atoms with van der Waals surface area (Å²) in [5.74, 6) is -0.288. The van der Waals surface area contributed by atoms with Crippen LogP contribution in [0.25, 0.3) is 6.08 Å². The minimum atomic E-state index is -0.984. The summed E-state index contributed by atoms with van der Waals surface area (Å²) in [4.78, 5) is 23.8. The summed E-state index contributed by atoms with van der Waals surface area (Å²) in [6.45, 7) is 0.724. The van der Waals surface area contributed by atoms with E-state index >= 15 is 0 Å². The van der Waals surface area contributed by atoms with Crippen LogP contribution in [0, 0.1) is 5.92 Å². The third-order valence-electron chi connectivity index (χ3n) is 3.80. The van der Waals surface area contributed by atoms with Gasteiger partial charge in [-0.3, -0.25) is 4.79 Å². The molecular formula is C16H21NO3S. The van der Waals surface area contributed by atoms with E-state index in [4.69, 9.17) is 5.11 Å². The molecule has 0 aromatic carbocycles. The van der Waals surface area contributed by atoms with E-state index in [1.54, 1.807) is 12.1 Å². The van der Waals surface area contributed by atoms with Crippen molar-refractivity contribution in [3.8, 4) is 0 Å². The number of nitrogens with one attached hydrogen (secondary N) is 1. The van der Waals surface area contributed by atoms with E-state index < -0.39 is 5.97 Å². The molecule has 0 aliphatic heterocycles. The van der Waals surface area contributed by atoms with Gasteiger partial charge in [0.25, 0.3) is 5.91 Å². The molecule has 0 radical (unpaired) electrons. The van der Waals surface area contributed by atoms with Gasteiger partial charge in [-0.2, -0.15) is 0 Å². The number of carboxylic acids is 1. The molecule has 0 saturated heterocycles. The first-order valence-corrected chi connectivity index (χ1v) is 8.26. The van der Waals surface area contributed by atoms with Crippen molar-refractivity contribution in [3.05, 3.63) is 28.0 Å². The van der Waals surface area contributed by atoms with E-state index in [0.717, 1.165) is 29.8 Å². The van der Waals surface area contributed by atoms with Gasteiger partial charge < -0.3 is 10.4 Å². The Kier molecular flexibility index (Phi) is 5.99. The summed E-state index contributed by atoms with van der Waals surface area (Å²) in [5.41, 5.74) is 0. The average molecular weight is 307 g/mol. The Morgan fingerprint density at radius 1 is 1.29 bits per heavy atom. The molecular weight excluding hydrogens is 286 g/mol. The number of rotatable bonds is 6. The first-order chi connectivity index (χ1) is 10.1. The predicted molar refractivity (Wildman–Crippen MR) is 84.5 cm³/mol. The summed E-state index contributed by atoms with van der Waals surface area (Å²) < 4.78 is 0. The quantitative estimate of drug-likeness (QED) is 0.790. The van der Waals surface area contributed by atoms with Crippen LogP contribution in [0.5, 0.6) is 0 Å². The lowest BCUT2D eigenvalue weighted by molar-refractivity contribution is -0.131. The summed E-state index contributed by atoms with van der Waals surface area (Å²) >= 11 is 1.31. The van der Waals surface area contributed by atoms with Crippen LogP contribution < -0.4 is 5.32 Å². The number of hydrogen-bond donors (Lipinski definition) is 2. The SMILES string of the molecule is O=C(O)C=Cc1ccc(C(=O)NCCC2CCCCC2)s1. The molecule has 1 aromatic rings. The Balaban J connectivity index is 1.76. The highest BCUT2D eigenvalue weighted by Gasteiger charge is 2.14. The number of carbonyl (C=O) groups excluding carboxylic acids is 1. The smallest absolute Gasteiger partial charge is 0.328 e. The second kappa shape index (κ2) is 7.98. The summed E-state index contributed by atoms with van der Waals surface area (Å²) in [5, 5.41) is 11.5. The van der Waals surface area contributed by atoms with Gasteiger partial charge in [0.15, 0.2) is 0 Å². The van der Waals surface area contributed by atoms with Crippen LogP contribution in [0.2, 0.25) is 0 Å². The van der Waals surface area contributed by atoms with Gasteiger partial charge in [0.05, 0.1) is 4.88 Å². The van der Waals surface area contributed by atoms with Gasteiger partial charge in [0, 0.05) is 17.5 Å². The van der Waals surface area contributed by atoms with Gasteiger partial charge in [-0.15, -0.1) is 11.3 Å². The predicted octanol–water partition coefficient (Wildman–Crippen LogP) is 3.55. The van der Waals surface area contributed by atoms with E-state index in [2.05, 4.69) is 5.32 Å². The molecule has 2 N–H and O–H groups in total. The molecule has 2 rings (SSSR count). The standard InChI is InChI=1S/C16H21NO3S/c18-15(19)9-7-13-6-8-14(21-13)16(20)17-11-10-12-4-2-1-3-5-12/h6-9,12H,1-5,10-11H2,(H,17,20)(H,18,19). The maximum atomic E-state index is 12.0. The van der Waals surface area contributed by atoms with Crippen molar-refractivity contribution in [2.24, 2.45) is 5.92 Å². The summed E-state index contributed by atoms with van der Waals surface area (Å²) in [6, 6.07) is 3.50. The number of hydrogen-bond acceptors (Lipinski definition) is 3. The molecule has 0 spiro atoms. The molecule has 4 nitrogen and oxygen atoms in total. The summed E-state index contributed by atoms with van der Waals surface area (Å²) in [7, 11) is 0. The lowest BCUT2D eigenvalue weighted by Crippen LogP contribution is -2.25. The van der Waals surface area contributed by atoms with Gasteiger partial charge in [-0.05, 0) is 30.5 Å². The first kappa shape index (κ1) is 15.8. The monoisotopic (exact) mass is 307 g/mol. The lowest BCUT2D eigenvalue weighted by Gasteiger charge is -2.21. The highest BCUT2D eigenvalue weighted by molar-refractivity contribution is 7.14. The average Bonchev–Trinajstić information content (AvgIpc) is 2.95. The van der Waals surface area contributed by atoms with E-state index in [1.807, 2.05) is 0 Å². The third-order valence-corrected chi connectivity index (χ3v) is 4.85. The highest BCUT2D eigenvalue weighted by Crippen LogP contribution is 2.25. The molecule has 5 heteroatoms. The van der Waals surface area contributed by atoms with Gasteiger partial charge in [-0.1, -0.05) is 32.1 Å². The highest BCUT2D eigenvalue weighted by atomic mass is 32.1. The summed E-state index contributed by atoms with van der Waals surface area (Å²) in [6.07, 6.45) is 10.2. The van der Waals surface area contributed by atoms with Crippen LogP contribution >= 0.6 is 11.3 Å². The van der Waals surface area contributed by atoms with Crippen molar-refractivity contribution < 1.29 is 14.7 Å². The van der Waals surface area contributed by atoms with Crippen LogP contribution in [-0.4, -0.2) is 23.5 Å². The molecule has 21 heavy (non-hydrogen) atoms.